The van der Waals surface area contributed by atoms with Gasteiger partial charge in [-0.2, -0.15) is 0 Å². The number of ether oxygens (including phenoxy) is 2. The van der Waals surface area contributed by atoms with Crippen LogP contribution >= 0.6 is 0 Å². The van der Waals surface area contributed by atoms with Gasteiger partial charge in [0.25, 0.3) is 0 Å². The summed E-state index contributed by atoms with van der Waals surface area (Å²) in [6, 6.07) is 0. The lowest BCUT2D eigenvalue weighted by Crippen LogP contribution is -2.22. The Balaban J connectivity index is 3.70. The van der Waals surface area contributed by atoms with E-state index in [9.17, 15) is 4.79 Å². The van der Waals surface area contributed by atoms with Gasteiger partial charge in [0, 0.05) is 12.0 Å². The van der Waals surface area contributed by atoms with Crippen molar-refractivity contribution in [2.75, 3.05) is 6.61 Å². The average Bonchev–Trinajstić information content (AvgIpc) is 2.37. The van der Waals surface area contributed by atoms with Gasteiger partial charge in [0.15, 0.2) is 0 Å². The molecule has 1 unspecified atom stereocenters. The molecule has 19 heavy (non-hydrogen) atoms. The Morgan fingerprint density at radius 3 is 2.26 bits per heavy atom. The minimum atomic E-state index is -0.412. The largest absolute Gasteiger partial charge is 0.432 e. The van der Waals surface area contributed by atoms with E-state index in [-0.39, 0.29) is 5.97 Å². The van der Waals surface area contributed by atoms with Crippen LogP contribution in [0.3, 0.4) is 0 Å². The summed E-state index contributed by atoms with van der Waals surface area (Å²) in [6.07, 6.45) is 8.65. The van der Waals surface area contributed by atoms with Crippen LogP contribution in [-0.4, -0.2) is 18.9 Å². The summed E-state index contributed by atoms with van der Waals surface area (Å²) in [5, 5.41) is 0. The fourth-order valence-electron chi connectivity index (χ4n) is 1.73. The fraction of sp³-hybridized carbons (Fsp3) is 0.812. The Kier molecular flexibility index (Phi) is 11.7. The van der Waals surface area contributed by atoms with Crippen LogP contribution in [0.15, 0.2) is 12.2 Å². The Labute approximate surface area is 118 Å². The van der Waals surface area contributed by atoms with Crippen molar-refractivity contribution >= 4 is 5.97 Å². The molecule has 0 heterocycles. The van der Waals surface area contributed by atoms with Crippen LogP contribution in [0.2, 0.25) is 0 Å². The van der Waals surface area contributed by atoms with Gasteiger partial charge in [-0.25, -0.2) is 4.79 Å². The standard InChI is InChI=1S/C16H30O3/c1-5-7-8-9-10-11-13-18-15(12-6-2)19-16(17)14(3)4/h15H,3,5-13H2,1-2,4H3. The second-order valence-electron chi connectivity index (χ2n) is 5.04. The van der Waals surface area contributed by atoms with Crippen LogP contribution in [0.1, 0.15) is 72.1 Å². The molecule has 0 bridgehead atoms. The quantitative estimate of drug-likeness (QED) is 0.225. The molecule has 0 amide bonds. The highest BCUT2D eigenvalue weighted by Gasteiger charge is 2.14. The smallest absolute Gasteiger partial charge is 0.335 e. The highest BCUT2D eigenvalue weighted by Crippen LogP contribution is 2.10. The van der Waals surface area contributed by atoms with Crippen LogP contribution < -0.4 is 0 Å². The number of rotatable bonds is 12. The molecule has 1 atom stereocenters. The minimum Gasteiger partial charge on any atom is -0.432 e. The number of esters is 1. The summed E-state index contributed by atoms with van der Waals surface area (Å²) in [5.74, 6) is -0.360. The zero-order valence-corrected chi connectivity index (χ0v) is 12.9. The van der Waals surface area contributed by atoms with Crippen LogP contribution in [0.4, 0.5) is 0 Å². The van der Waals surface area contributed by atoms with Crippen molar-refractivity contribution in [3.8, 4) is 0 Å². The summed E-state index contributed by atoms with van der Waals surface area (Å²) in [6.45, 7) is 10.2. The first-order valence-electron chi connectivity index (χ1n) is 7.59. The molecule has 0 N–H and O–H groups in total. The monoisotopic (exact) mass is 270 g/mol. The summed E-state index contributed by atoms with van der Waals surface area (Å²) < 4.78 is 10.9. The molecule has 0 aromatic rings. The van der Waals surface area contributed by atoms with Crippen molar-refractivity contribution in [3.05, 3.63) is 12.2 Å². The van der Waals surface area contributed by atoms with Gasteiger partial charge in [0.1, 0.15) is 0 Å². The molecule has 112 valence electrons. The van der Waals surface area contributed by atoms with Gasteiger partial charge in [-0.1, -0.05) is 59.0 Å². The highest BCUT2D eigenvalue weighted by molar-refractivity contribution is 5.86. The summed E-state index contributed by atoms with van der Waals surface area (Å²) in [7, 11) is 0. The zero-order chi connectivity index (χ0) is 14.5. The Morgan fingerprint density at radius 1 is 1.05 bits per heavy atom. The van der Waals surface area contributed by atoms with E-state index in [2.05, 4.69) is 20.4 Å². The first-order valence-corrected chi connectivity index (χ1v) is 7.59. The molecule has 0 fully saturated rings. The lowest BCUT2D eigenvalue weighted by Gasteiger charge is -2.17. The topological polar surface area (TPSA) is 35.5 Å². The maximum atomic E-state index is 11.4. The molecule has 0 aliphatic rings. The predicted molar refractivity (Wildman–Crippen MR) is 78.9 cm³/mol. The third-order valence-corrected chi connectivity index (χ3v) is 2.91. The molecule has 0 saturated carbocycles. The van der Waals surface area contributed by atoms with Crippen molar-refractivity contribution < 1.29 is 14.3 Å². The molecule has 3 heteroatoms. The second-order valence-corrected chi connectivity index (χ2v) is 5.04. The predicted octanol–water partition coefficient (Wildman–Crippen LogP) is 4.61. The Bertz CT molecular complexity index is 248. The van der Waals surface area contributed by atoms with E-state index in [4.69, 9.17) is 9.47 Å². The normalized spacial score (nSPS) is 12.2. The van der Waals surface area contributed by atoms with E-state index < -0.39 is 6.29 Å². The molecule has 0 spiro atoms. The Morgan fingerprint density at radius 2 is 1.68 bits per heavy atom. The maximum Gasteiger partial charge on any atom is 0.335 e. The molecule has 0 saturated heterocycles. The summed E-state index contributed by atoms with van der Waals surface area (Å²) >= 11 is 0. The first-order chi connectivity index (χ1) is 9.11. The third-order valence-electron chi connectivity index (χ3n) is 2.91. The Hall–Kier alpha value is -0.830. The van der Waals surface area contributed by atoms with E-state index in [0.717, 1.165) is 19.3 Å². The highest BCUT2D eigenvalue weighted by atomic mass is 16.7. The number of carbonyl (C=O) groups is 1. The van der Waals surface area contributed by atoms with Gasteiger partial charge in [0.05, 0.1) is 6.61 Å². The zero-order valence-electron chi connectivity index (χ0n) is 12.9. The van der Waals surface area contributed by atoms with Crippen molar-refractivity contribution in [1.82, 2.24) is 0 Å². The van der Waals surface area contributed by atoms with Crippen LogP contribution in [0.25, 0.3) is 0 Å². The van der Waals surface area contributed by atoms with Gasteiger partial charge >= 0.3 is 5.97 Å². The molecule has 0 aliphatic carbocycles. The van der Waals surface area contributed by atoms with Gasteiger partial charge in [-0.15, -0.1) is 0 Å². The number of hydrogen-bond acceptors (Lipinski definition) is 3. The van der Waals surface area contributed by atoms with Crippen LogP contribution in [0.5, 0.6) is 0 Å². The van der Waals surface area contributed by atoms with Gasteiger partial charge in [0.2, 0.25) is 6.29 Å². The second kappa shape index (κ2) is 12.2. The van der Waals surface area contributed by atoms with Crippen LogP contribution in [-0.2, 0) is 14.3 Å². The fourth-order valence-corrected chi connectivity index (χ4v) is 1.73. The summed E-state index contributed by atoms with van der Waals surface area (Å²) in [5.41, 5.74) is 0.421. The van der Waals surface area contributed by atoms with Gasteiger partial charge in [-0.05, 0) is 13.3 Å². The van der Waals surface area contributed by atoms with E-state index >= 15 is 0 Å². The molecule has 3 nitrogen and oxygen atoms in total. The molecule has 0 rings (SSSR count). The first kappa shape index (κ1) is 18.2. The van der Waals surface area contributed by atoms with Crippen LogP contribution in [0, 0.1) is 0 Å². The van der Waals surface area contributed by atoms with Crippen molar-refractivity contribution in [1.29, 1.82) is 0 Å². The number of hydrogen-bond donors (Lipinski definition) is 0. The van der Waals surface area contributed by atoms with Crippen molar-refractivity contribution in [2.24, 2.45) is 0 Å². The molecular weight excluding hydrogens is 240 g/mol. The van der Waals surface area contributed by atoms with Gasteiger partial charge < -0.3 is 9.47 Å². The number of unbranched alkanes of at least 4 members (excludes halogenated alkanes) is 5. The molecule has 0 aliphatic heterocycles. The van der Waals surface area contributed by atoms with E-state index in [1.807, 2.05) is 0 Å². The molecule has 0 radical (unpaired) electrons. The minimum absolute atomic E-state index is 0.360. The lowest BCUT2D eigenvalue weighted by atomic mass is 10.1. The SMILES string of the molecule is C=C(C)C(=O)OC(CCC)OCCCCCCCC. The average molecular weight is 270 g/mol. The third kappa shape index (κ3) is 10.8. The maximum absolute atomic E-state index is 11.4. The molecule has 0 aromatic carbocycles. The molecule has 0 aromatic heterocycles. The van der Waals surface area contributed by atoms with Crippen molar-refractivity contribution in [3.63, 3.8) is 0 Å². The van der Waals surface area contributed by atoms with Crippen molar-refractivity contribution in [2.45, 2.75) is 78.4 Å². The lowest BCUT2D eigenvalue weighted by molar-refractivity contribution is -0.175. The van der Waals surface area contributed by atoms with E-state index in [1.54, 1.807) is 6.92 Å². The number of carbonyl (C=O) groups excluding carboxylic acids is 1. The van der Waals surface area contributed by atoms with E-state index in [1.165, 1.54) is 32.1 Å². The molecular formula is C16H30O3. The van der Waals surface area contributed by atoms with Gasteiger partial charge in [-0.3, -0.25) is 0 Å². The van der Waals surface area contributed by atoms with E-state index in [0.29, 0.717) is 12.2 Å². The summed E-state index contributed by atoms with van der Waals surface area (Å²) in [4.78, 5) is 11.4.